The second kappa shape index (κ2) is 4.22. The molecule has 2 aromatic heterocycles. The van der Waals surface area contributed by atoms with Gasteiger partial charge in [-0.05, 0) is 19.1 Å². The van der Waals surface area contributed by atoms with E-state index in [0.29, 0.717) is 13.1 Å². The van der Waals surface area contributed by atoms with Crippen LogP contribution in [0.1, 0.15) is 5.69 Å². The van der Waals surface area contributed by atoms with Gasteiger partial charge in [0.2, 0.25) is 0 Å². The van der Waals surface area contributed by atoms with E-state index in [9.17, 15) is 4.79 Å². The number of carbonyl (C=O) groups is 1. The molecule has 3 heterocycles. The Morgan fingerprint density at radius 2 is 2.44 bits per heavy atom. The van der Waals surface area contributed by atoms with E-state index in [1.54, 1.807) is 4.90 Å². The number of aryl methyl sites for hydroxylation is 1. The van der Waals surface area contributed by atoms with E-state index in [0.717, 1.165) is 21.6 Å². The molecular weight excluding hydrogens is 250 g/mol. The van der Waals surface area contributed by atoms with Crippen LogP contribution in [0.2, 0.25) is 0 Å². The first-order chi connectivity index (χ1) is 8.69. The number of amides is 1. The minimum absolute atomic E-state index is 0.217. The van der Waals surface area contributed by atoms with Gasteiger partial charge in [0.05, 0.1) is 12.2 Å². The van der Waals surface area contributed by atoms with Crippen molar-refractivity contribution in [3.05, 3.63) is 23.2 Å². The van der Waals surface area contributed by atoms with Crippen molar-refractivity contribution in [2.24, 2.45) is 5.73 Å². The number of carbonyl (C=O) groups excluding carboxylic acids is 1. The molecule has 1 aliphatic heterocycles. The van der Waals surface area contributed by atoms with Gasteiger partial charge in [0.1, 0.15) is 10.9 Å². The summed E-state index contributed by atoms with van der Waals surface area (Å²) in [5.41, 5.74) is 7.37. The highest BCUT2D eigenvalue weighted by molar-refractivity contribution is 7.17. The molecule has 1 aliphatic rings. The Morgan fingerprint density at radius 1 is 1.61 bits per heavy atom. The van der Waals surface area contributed by atoms with Crippen molar-refractivity contribution >= 4 is 33.3 Å². The summed E-state index contributed by atoms with van der Waals surface area (Å²) >= 11 is 1.53. The topological polar surface area (TPSA) is 68.4 Å². The second-order valence-electron chi connectivity index (χ2n) is 4.28. The maximum atomic E-state index is 11.8. The van der Waals surface area contributed by atoms with E-state index >= 15 is 0 Å². The van der Waals surface area contributed by atoms with Crippen molar-refractivity contribution in [2.45, 2.75) is 13.0 Å². The zero-order valence-corrected chi connectivity index (χ0v) is 10.7. The largest absolute Gasteiger partial charge is 0.443 e. The Morgan fingerprint density at radius 3 is 3.17 bits per heavy atom. The predicted octanol–water partition coefficient (Wildman–Crippen LogP) is 1.89. The van der Waals surface area contributed by atoms with E-state index in [4.69, 9.17) is 10.5 Å². The number of ether oxygens (including phenoxy) is 1. The first-order valence-electron chi connectivity index (χ1n) is 5.72. The normalized spacial score (nSPS) is 19.6. The number of anilines is 1. The lowest BCUT2D eigenvalue weighted by atomic mass is 10.2. The quantitative estimate of drug-likeness (QED) is 0.898. The summed E-state index contributed by atoms with van der Waals surface area (Å²) in [6, 6.07) is 3.94. The van der Waals surface area contributed by atoms with Crippen molar-refractivity contribution in [1.29, 1.82) is 0 Å². The maximum absolute atomic E-state index is 11.8. The molecule has 18 heavy (non-hydrogen) atoms. The maximum Gasteiger partial charge on any atom is 0.414 e. The highest BCUT2D eigenvalue weighted by atomic mass is 32.1. The number of nitrogens with two attached hydrogens (primary N) is 1. The molecule has 0 saturated carbocycles. The third kappa shape index (κ3) is 1.74. The minimum atomic E-state index is -0.328. The number of aromatic nitrogens is 1. The van der Waals surface area contributed by atoms with Crippen LogP contribution >= 0.6 is 11.3 Å². The van der Waals surface area contributed by atoms with Crippen molar-refractivity contribution in [1.82, 2.24) is 4.98 Å². The van der Waals surface area contributed by atoms with Crippen LogP contribution in [-0.4, -0.2) is 30.3 Å². The molecule has 1 unspecified atom stereocenters. The number of cyclic esters (lactones) is 1. The molecule has 2 aromatic rings. The third-order valence-corrected chi connectivity index (χ3v) is 3.86. The molecule has 0 aliphatic carbocycles. The smallest absolute Gasteiger partial charge is 0.414 e. The number of thiophene rings is 1. The average molecular weight is 263 g/mol. The number of fused-ring (bicyclic) bond motifs is 1. The first kappa shape index (κ1) is 11.4. The summed E-state index contributed by atoms with van der Waals surface area (Å²) in [5, 5.41) is 2.93. The van der Waals surface area contributed by atoms with Crippen LogP contribution in [0.15, 0.2) is 17.5 Å². The molecule has 1 saturated heterocycles. The first-order valence-corrected chi connectivity index (χ1v) is 6.60. The van der Waals surface area contributed by atoms with Crippen LogP contribution in [-0.2, 0) is 4.74 Å². The number of pyridine rings is 1. The summed E-state index contributed by atoms with van der Waals surface area (Å²) in [6.07, 6.45) is -0.545. The summed E-state index contributed by atoms with van der Waals surface area (Å²) in [7, 11) is 0. The van der Waals surface area contributed by atoms with Crippen LogP contribution in [0, 0.1) is 6.92 Å². The van der Waals surface area contributed by atoms with Gasteiger partial charge >= 0.3 is 6.09 Å². The molecule has 1 amide bonds. The van der Waals surface area contributed by atoms with Gasteiger partial charge in [-0.2, -0.15) is 0 Å². The molecule has 0 bridgehead atoms. The fourth-order valence-electron chi connectivity index (χ4n) is 2.04. The van der Waals surface area contributed by atoms with E-state index in [1.807, 2.05) is 24.4 Å². The molecule has 3 rings (SSSR count). The van der Waals surface area contributed by atoms with E-state index < -0.39 is 0 Å². The van der Waals surface area contributed by atoms with Crippen molar-refractivity contribution in [3.63, 3.8) is 0 Å². The summed E-state index contributed by atoms with van der Waals surface area (Å²) in [4.78, 5) is 18.8. The van der Waals surface area contributed by atoms with Gasteiger partial charge in [-0.3, -0.25) is 4.90 Å². The zero-order chi connectivity index (χ0) is 12.7. The Kier molecular flexibility index (Phi) is 2.68. The van der Waals surface area contributed by atoms with E-state index in [2.05, 4.69) is 4.98 Å². The monoisotopic (exact) mass is 263 g/mol. The number of nitrogens with zero attached hydrogens (tertiary/aromatic N) is 2. The summed E-state index contributed by atoms with van der Waals surface area (Å²) in [5.74, 6) is 0. The molecule has 5 nitrogen and oxygen atoms in total. The van der Waals surface area contributed by atoms with E-state index in [1.165, 1.54) is 11.3 Å². The fraction of sp³-hybridized carbons (Fsp3) is 0.333. The zero-order valence-electron chi connectivity index (χ0n) is 9.92. The summed E-state index contributed by atoms with van der Waals surface area (Å²) in [6.45, 7) is 2.81. The molecule has 1 fully saturated rings. The van der Waals surface area contributed by atoms with Crippen LogP contribution in [0.5, 0.6) is 0 Å². The highest BCUT2D eigenvalue weighted by Crippen LogP contribution is 2.34. The van der Waals surface area contributed by atoms with Crippen molar-refractivity contribution < 1.29 is 9.53 Å². The molecule has 6 heteroatoms. The molecule has 0 radical (unpaired) electrons. The lowest BCUT2D eigenvalue weighted by Gasteiger charge is -2.11. The molecule has 94 valence electrons. The molecule has 2 N–H and O–H groups in total. The van der Waals surface area contributed by atoms with Crippen LogP contribution in [0.3, 0.4) is 0 Å². The fourth-order valence-corrected chi connectivity index (χ4v) is 3.02. The Balaban J connectivity index is 2.02. The standard InChI is InChI=1S/C12H13N3O2S/c1-7-2-3-9-10(6-18-11(9)14-7)15-5-8(4-13)17-12(15)16/h2-3,6,8H,4-5,13H2,1H3. The lowest BCUT2D eigenvalue weighted by molar-refractivity contribution is 0.145. The molecular formula is C12H13N3O2S. The van der Waals surface area contributed by atoms with Gasteiger partial charge in [-0.1, -0.05) is 0 Å². The number of hydrogen-bond acceptors (Lipinski definition) is 5. The van der Waals surface area contributed by atoms with Gasteiger partial charge in [0.15, 0.2) is 0 Å². The Hall–Kier alpha value is -1.66. The second-order valence-corrected chi connectivity index (χ2v) is 5.14. The van der Waals surface area contributed by atoms with Gasteiger partial charge in [-0.25, -0.2) is 9.78 Å². The third-order valence-electron chi connectivity index (χ3n) is 2.99. The Labute approximate surface area is 108 Å². The van der Waals surface area contributed by atoms with Crippen molar-refractivity contribution in [3.8, 4) is 0 Å². The van der Waals surface area contributed by atoms with Crippen LogP contribution in [0.25, 0.3) is 10.2 Å². The number of rotatable bonds is 2. The molecule has 1 atom stereocenters. The lowest BCUT2D eigenvalue weighted by Crippen LogP contribution is -2.27. The number of hydrogen-bond donors (Lipinski definition) is 1. The van der Waals surface area contributed by atoms with Gasteiger partial charge in [0, 0.05) is 23.0 Å². The predicted molar refractivity (Wildman–Crippen MR) is 71.0 cm³/mol. The van der Waals surface area contributed by atoms with Gasteiger partial charge in [-0.15, -0.1) is 11.3 Å². The Bertz CT molecular complexity index is 610. The highest BCUT2D eigenvalue weighted by Gasteiger charge is 2.32. The SMILES string of the molecule is Cc1ccc2c(N3CC(CN)OC3=O)csc2n1. The minimum Gasteiger partial charge on any atom is -0.443 e. The van der Waals surface area contributed by atoms with Crippen molar-refractivity contribution in [2.75, 3.05) is 18.0 Å². The molecule has 0 spiro atoms. The average Bonchev–Trinajstić information content (AvgIpc) is 2.91. The van der Waals surface area contributed by atoms with E-state index in [-0.39, 0.29) is 12.2 Å². The van der Waals surface area contributed by atoms with Gasteiger partial charge in [0.25, 0.3) is 0 Å². The van der Waals surface area contributed by atoms with Crippen LogP contribution in [0.4, 0.5) is 10.5 Å². The van der Waals surface area contributed by atoms with Gasteiger partial charge < -0.3 is 10.5 Å². The summed E-state index contributed by atoms with van der Waals surface area (Å²) < 4.78 is 5.17. The molecule has 0 aromatic carbocycles. The van der Waals surface area contributed by atoms with Crippen LogP contribution < -0.4 is 10.6 Å².